The SMILES string of the molecule is Cc1c(C)c2cnc(NC3CCCCC3)nc2n(C(C)C)c1=O. The lowest BCUT2D eigenvalue weighted by Gasteiger charge is -2.23. The number of nitrogens with one attached hydrogen (secondary N) is 1. The molecular weight excluding hydrogens is 288 g/mol. The fraction of sp³-hybridized carbons (Fsp3) is 0.611. The van der Waals surface area contributed by atoms with Crippen molar-refractivity contribution in [2.24, 2.45) is 0 Å². The zero-order valence-electron chi connectivity index (χ0n) is 14.5. The minimum atomic E-state index is 0.0484. The number of nitrogens with zero attached hydrogens (tertiary/aromatic N) is 3. The molecule has 1 aliphatic rings. The van der Waals surface area contributed by atoms with Crippen LogP contribution in [0, 0.1) is 13.8 Å². The lowest BCUT2D eigenvalue weighted by atomic mass is 9.96. The van der Waals surface area contributed by atoms with Crippen LogP contribution < -0.4 is 10.9 Å². The van der Waals surface area contributed by atoms with Crippen molar-refractivity contribution in [3.05, 3.63) is 27.7 Å². The van der Waals surface area contributed by atoms with E-state index in [1.807, 2.05) is 33.9 Å². The van der Waals surface area contributed by atoms with Gasteiger partial charge in [0.2, 0.25) is 5.95 Å². The standard InChI is InChI=1S/C18H26N4O/c1-11(2)22-16-15(12(3)13(4)17(22)23)10-19-18(21-16)20-14-8-6-5-7-9-14/h10-11,14H,5-9H2,1-4H3,(H,19,20,21). The third-order valence-corrected chi connectivity index (χ3v) is 4.96. The molecule has 2 aromatic heterocycles. The van der Waals surface area contributed by atoms with Crippen LogP contribution in [-0.4, -0.2) is 20.6 Å². The van der Waals surface area contributed by atoms with Crippen molar-refractivity contribution in [2.45, 2.75) is 71.9 Å². The smallest absolute Gasteiger partial charge is 0.255 e. The molecular formula is C18H26N4O. The van der Waals surface area contributed by atoms with Gasteiger partial charge in [0, 0.05) is 29.2 Å². The van der Waals surface area contributed by atoms with E-state index >= 15 is 0 Å². The normalized spacial score (nSPS) is 16.2. The molecule has 3 rings (SSSR count). The number of rotatable bonds is 3. The lowest BCUT2D eigenvalue weighted by molar-refractivity contribution is 0.461. The van der Waals surface area contributed by atoms with E-state index in [4.69, 9.17) is 4.98 Å². The predicted octanol–water partition coefficient (Wildman–Crippen LogP) is 3.73. The largest absolute Gasteiger partial charge is 0.351 e. The Morgan fingerprint density at radius 1 is 1.17 bits per heavy atom. The van der Waals surface area contributed by atoms with Crippen molar-refractivity contribution in [2.75, 3.05) is 5.32 Å². The molecule has 124 valence electrons. The van der Waals surface area contributed by atoms with Gasteiger partial charge in [-0.3, -0.25) is 9.36 Å². The summed E-state index contributed by atoms with van der Waals surface area (Å²) >= 11 is 0. The average molecular weight is 314 g/mol. The van der Waals surface area contributed by atoms with Crippen LogP contribution in [0.3, 0.4) is 0 Å². The molecule has 0 aromatic carbocycles. The van der Waals surface area contributed by atoms with Gasteiger partial charge in [-0.2, -0.15) is 4.98 Å². The van der Waals surface area contributed by atoms with Crippen molar-refractivity contribution < 1.29 is 0 Å². The Balaban J connectivity index is 2.08. The number of aryl methyl sites for hydroxylation is 1. The van der Waals surface area contributed by atoms with Gasteiger partial charge in [0.15, 0.2) is 0 Å². The van der Waals surface area contributed by atoms with E-state index in [1.165, 1.54) is 32.1 Å². The summed E-state index contributed by atoms with van der Waals surface area (Å²) in [4.78, 5) is 21.8. The second-order valence-corrected chi connectivity index (χ2v) is 6.93. The summed E-state index contributed by atoms with van der Waals surface area (Å²) < 4.78 is 1.78. The third-order valence-electron chi connectivity index (χ3n) is 4.96. The highest BCUT2D eigenvalue weighted by Crippen LogP contribution is 2.23. The Morgan fingerprint density at radius 3 is 2.52 bits per heavy atom. The van der Waals surface area contributed by atoms with Gasteiger partial charge >= 0.3 is 0 Å². The number of pyridine rings is 1. The van der Waals surface area contributed by atoms with Crippen molar-refractivity contribution in [1.29, 1.82) is 0 Å². The molecule has 0 unspecified atom stereocenters. The molecule has 0 saturated heterocycles. The highest BCUT2D eigenvalue weighted by atomic mass is 16.1. The molecule has 0 bridgehead atoms. The first-order valence-corrected chi connectivity index (χ1v) is 8.64. The van der Waals surface area contributed by atoms with Crippen LogP contribution >= 0.6 is 0 Å². The highest BCUT2D eigenvalue weighted by Gasteiger charge is 2.18. The van der Waals surface area contributed by atoms with E-state index in [2.05, 4.69) is 10.3 Å². The lowest BCUT2D eigenvalue weighted by Crippen LogP contribution is -2.27. The Labute approximate surface area is 137 Å². The molecule has 1 N–H and O–H groups in total. The number of anilines is 1. The van der Waals surface area contributed by atoms with Crippen LogP contribution in [0.1, 0.15) is 63.1 Å². The number of hydrogen-bond acceptors (Lipinski definition) is 4. The van der Waals surface area contributed by atoms with Crippen LogP contribution in [0.4, 0.5) is 5.95 Å². The summed E-state index contributed by atoms with van der Waals surface area (Å²) in [7, 11) is 0. The summed E-state index contributed by atoms with van der Waals surface area (Å²) in [5.41, 5.74) is 2.54. The van der Waals surface area contributed by atoms with Gasteiger partial charge in [0.1, 0.15) is 5.65 Å². The van der Waals surface area contributed by atoms with Crippen LogP contribution in [0.5, 0.6) is 0 Å². The molecule has 0 spiro atoms. The molecule has 1 fully saturated rings. The summed E-state index contributed by atoms with van der Waals surface area (Å²) in [6.45, 7) is 7.89. The predicted molar refractivity (Wildman–Crippen MR) is 94.2 cm³/mol. The van der Waals surface area contributed by atoms with Crippen molar-refractivity contribution in [1.82, 2.24) is 14.5 Å². The van der Waals surface area contributed by atoms with Crippen LogP contribution in [0.2, 0.25) is 0 Å². The molecule has 0 aliphatic heterocycles. The fourth-order valence-corrected chi connectivity index (χ4v) is 3.44. The Bertz CT molecular complexity index is 773. The average Bonchev–Trinajstić information content (AvgIpc) is 2.53. The second kappa shape index (κ2) is 6.30. The Hall–Kier alpha value is -1.91. The Morgan fingerprint density at radius 2 is 1.87 bits per heavy atom. The van der Waals surface area contributed by atoms with E-state index in [1.54, 1.807) is 4.57 Å². The van der Waals surface area contributed by atoms with E-state index in [0.717, 1.165) is 22.2 Å². The van der Waals surface area contributed by atoms with E-state index < -0.39 is 0 Å². The molecule has 23 heavy (non-hydrogen) atoms. The zero-order valence-corrected chi connectivity index (χ0v) is 14.5. The molecule has 0 atom stereocenters. The van der Waals surface area contributed by atoms with Crippen molar-refractivity contribution in [3.8, 4) is 0 Å². The summed E-state index contributed by atoms with van der Waals surface area (Å²) in [6.07, 6.45) is 8.05. The summed E-state index contributed by atoms with van der Waals surface area (Å²) in [5.74, 6) is 0.640. The maximum absolute atomic E-state index is 12.6. The minimum absolute atomic E-state index is 0.0484. The highest BCUT2D eigenvalue weighted by molar-refractivity contribution is 5.80. The first-order chi connectivity index (χ1) is 11.0. The number of hydrogen-bond donors (Lipinski definition) is 1. The summed E-state index contributed by atoms with van der Waals surface area (Å²) in [5, 5.41) is 4.42. The third kappa shape index (κ3) is 2.96. The number of fused-ring (bicyclic) bond motifs is 1. The maximum Gasteiger partial charge on any atom is 0.255 e. The molecule has 1 saturated carbocycles. The van der Waals surface area contributed by atoms with E-state index in [9.17, 15) is 4.79 Å². The molecule has 5 heteroatoms. The number of aromatic nitrogens is 3. The van der Waals surface area contributed by atoms with E-state index in [-0.39, 0.29) is 11.6 Å². The van der Waals surface area contributed by atoms with Gasteiger partial charge in [-0.1, -0.05) is 19.3 Å². The van der Waals surface area contributed by atoms with Crippen LogP contribution in [0.25, 0.3) is 11.0 Å². The molecule has 0 radical (unpaired) electrons. The second-order valence-electron chi connectivity index (χ2n) is 6.93. The fourth-order valence-electron chi connectivity index (χ4n) is 3.44. The van der Waals surface area contributed by atoms with Gasteiger partial charge in [-0.15, -0.1) is 0 Å². The first-order valence-electron chi connectivity index (χ1n) is 8.64. The monoisotopic (exact) mass is 314 g/mol. The minimum Gasteiger partial charge on any atom is -0.351 e. The summed E-state index contributed by atoms with van der Waals surface area (Å²) in [6, 6.07) is 0.522. The quantitative estimate of drug-likeness (QED) is 0.937. The van der Waals surface area contributed by atoms with Crippen LogP contribution in [0.15, 0.2) is 11.0 Å². The molecule has 1 aliphatic carbocycles. The van der Waals surface area contributed by atoms with Gasteiger partial charge in [-0.25, -0.2) is 4.98 Å². The maximum atomic E-state index is 12.6. The van der Waals surface area contributed by atoms with Gasteiger partial charge in [-0.05, 0) is 46.1 Å². The Kier molecular flexibility index (Phi) is 4.37. The molecule has 2 heterocycles. The zero-order chi connectivity index (χ0) is 16.6. The van der Waals surface area contributed by atoms with Crippen molar-refractivity contribution in [3.63, 3.8) is 0 Å². The van der Waals surface area contributed by atoms with Gasteiger partial charge in [0.05, 0.1) is 0 Å². The topological polar surface area (TPSA) is 59.8 Å². The molecule has 5 nitrogen and oxygen atoms in total. The molecule has 0 amide bonds. The molecule has 2 aromatic rings. The van der Waals surface area contributed by atoms with Gasteiger partial charge < -0.3 is 5.32 Å². The van der Waals surface area contributed by atoms with Gasteiger partial charge in [0.25, 0.3) is 5.56 Å². The van der Waals surface area contributed by atoms with E-state index in [0.29, 0.717) is 12.0 Å². The first kappa shape index (κ1) is 16.0. The van der Waals surface area contributed by atoms with Crippen molar-refractivity contribution >= 4 is 17.0 Å². The van der Waals surface area contributed by atoms with Crippen LogP contribution in [-0.2, 0) is 0 Å².